The van der Waals surface area contributed by atoms with Gasteiger partial charge in [-0.3, -0.25) is 0 Å². The zero-order valence-corrected chi connectivity index (χ0v) is 24.2. The summed E-state index contributed by atoms with van der Waals surface area (Å²) in [6, 6.07) is 0. The highest BCUT2D eigenvalue weighted by atomic mass is 35.5. The maximum Gasteiger partial charge on any atom is 0.127 e. The van der Waals surface area contributed by atoms with Crippen LogP contribution in [0.1, 0.15) is 106 Å². The minimum atomic E-state index is -0.523. The van der Waals surface area contributed by atoms with Crippen LogP contribution in [0.4, 0.5) is 0 Å². The molecule has 0 aliphatic heterocycles. The third-order valence-electron chi connectivity index (χ3n) is 12.7. The van der Waals surface area contributed by atoms with E-state index in [1.807, 2.05) is 0 Å². The zero-order chi connectivity index (χ0) is 24.0. The Kier molecular flexibility index (Phi) is 6.36. The first-order valence-corrected chi connectivity index (χ1v) is 15.3. The van der Waals surface area contributed by atoms with Gasteiger partial charge in [0.1, 0.15) is 4.33 Å². The monoisotopic (exact) mass is 512 g/mol. The normalized spacial score (nSPS) is 51.4. The largest absolute Gasteiger partial charge is 0.127 e. The summed E-state index contributed by atoms with van der Waals surface area (Å²) < 4.78 is -0.523. The van der Waals surface area contributed by atoms with Crippen LogP contribution in [0.25, 0.3) is 0 Å². The van der Waals surface area contributed by atoms with Gasteiger partial charge in [-0.2, -0.15) is 0 Å². The number of halogens is 3. The fourth-order valence-electron chi connectivity index (χ4n) is 10.5. The second kappa shape index (κ2) is 8.31. The third kappa shape index (κ3) is 3.49. The average molecular weight is 514 g/mol. The quantitative estimate of drug-likeness (QED) is 0.253. The summed E-state index contributed by atoms with van der Waals surface area (Å²) >= 11 is 20.2. The molecule has 0 nitrogen and oxygen atoms in total. The topological polar surface area (TPSA) is 0 Å². The van der Waals surface area contributed by atoms with E-state index >= 15 is 0 Å². The molecule has 0 aromatic carbocycles. The highest BCUT2D eigenvalue weighted by molar-refractivity contribution is 6.51. The molecule has 0 saturated heterocycles. The summed E-state index contributed by atoms with van der Waals surface area (Å²) in [6.07, 6.45) is 15.8. The molecular weight excluding hydrogens is 467 g/mol. The molecule has 5 aliphatic rings. The van der Waals surface area contributed by atoms with Crippen LogP contribution in [0, 0.1) is 57.7 Å². The van der Waals surface area contributed by atoms with E-state index in [1.54, 1.807) is 5.57 Å². The van der Waals surface area contributed by atoms with E-state index in [4.69, 9.17) is 34.8 Å². The summed E-state index contributed by atoms with van der Waals surface area (Å²) in [5, 5.41) is 0.370. The fourth-order valence-corrected chi connectivity index (χ4v) is 12.0. The minimum Gasteiger partial charge on any atom is -0.123 e. The Labute approximate surface area is 219 Å². The SMILES string of the molecule is CC(CCC1(C(C)C)C(C)C1(Cl)Cl)C1CCC2C3CC=C4CC(Cl)CCC4(C)C3CCC12C. The predicted molar refractivity (Wildman–Crippen MR) is 144 cm³/mol. The van der Waals surface area contributed by atoms with Gasteiger partial charge < -0.3 is 0 Å². The number of alkyl halides is 3. The molecule has 188 valence electrons. The van der Waals surface area contributed by atoms with Gasteiger partial charge in [0, 0.05) is 10.8 Å². The Morgan fingerprint density at radius 2 is 1.70 bits per heavy atom. The first kappa shape index (κ1) is 25.3. The Balaban J connectivity index is 1.30. The molecule has 4 saturated carbocycles. The molecule has 0 amide bonds. The first-order valence-electron chi connectivity index (χ1n) is 14.1. The molecule has 10 unspecified atom stereocenters. The summed E-state index contributed by atoms with van der Waals surface area (Å²) in [7, 11) is 0. The van der Waals surface area contributed by atoms with Crippen molar-refractivity contribution in [2.45, 2.75) is 115 Å². The van der Waals surface area contributed by atoms with E-state index in [1.165, 1.54) is 57.8 Å². The van der Waals surface area contributed by atoms with Crippen molar-refractivity contribution in [3.8, 4) is 0 Å². The lowest BCUT2D eigenvalue weighted by molar-refractivity contribution is -0.0502. The van der Waals surface area contributed by atoms with Crippen LogP contribution >= 0.6 is 34.8 Å². The van der Waals surface area contributed by atoms with Crippen LogP contribution in [0.15, 0.2) is 11.6 Å². The van der Waals surface area contributed by atoms with E-state index in [0.29, 0.717) is 28.0 Å². The van der Waals surface area contributed by atoms with Crippen molar-refractivity contribution >= 4 is 34.8 Å². The van der Waals surface area contributed by atoms with Crippen LogP contribution in [0.2, 0.25) is 0 Å². The van der Waals surface area contributed by atoms with Crippen molar-refractivity contribution in [1.29, 1.82) is 0 Å². The Morgan fingerprint density at radius 1 is 1.00 bits per heavy atom. The van der Waals surface area contributed by atoms with Crippen LogP contribution < -0.4 is 0 Å². The fraction of sp³-hybridized carbons (Fsp3) is 0.933. The number of hydrogen-bond donors (Lipinski definition) is 0. The van der Waals surface area contributed by atoms with Gasteiger partial charge in [0.15, 0.2) is 0 Å². The Hall–Kier alpha value is 0.610. The van der Waals surface area contributed by atoms with Crippen LogP contribution in [0.5, 0.6) is 0 Å². The average Bonchev–Trinajstić information content (AvgIpc) is 3.02. The van der Waals surface area contributed by atoms with Crippen molar-refractivity contribution in [3.05, 3.63) is 11.6 Å². The summed E-state index contributed by atoms with van der Waals surface area (Å²) in [5.41, 5.74) is 2.77. The van der Waals surface area contributed by atoms with Crippen molar-refractivity contribution in [1.82, 2.24) is 0 Å². The molecule has 10 atom stereocenters. The van der Waals surface area contributed by atoms with Crippen LogP contribution in [-0.4, -0.2) is 9.71 Å². The molecule has 0 N–H and O–H groups in total. The maximum absolute atomic E-state index is 6.80. The van der Waals surface area contributed by atoms with Crippen molar-refractivity contribution in [2.24, 2.45) is 57.7 Å². The highest BCUT2D eigenvalue weighted by Gasteiger charge is 2.73. The lowest BCUT2D eigenvalue weighted by Crippen LogP contribution is -2.50. The summed E-state index contributed by atoms with van der Waals surface area (Å²) in [5.74, 6) is 5.27. The van der Waals surface area contributed by atoms with Gasteiger partial charge in [-0.05, 0) is 116 Å². The van der Waals surface area contributed by atoms with Gasteiger partial charge >= 0.3 is 0 Å². The molecule has 0 aromatic rings. The van der Waals surface area contributed by atoms with Gasteiger partial charge in [0.05, 0.1) is 0 Å². The van der Waals surface area contributed by atoms with E-state index in [9.17, 15) is 0 Å². The van der Waals surface area contributed by atoms with Crippen LogP contribution in [0.3, 0.4) is 0 Å². The molecule has 0 heterocycles. The standard InChI is InChI=1S/C30H47Cl3/c1-18(2)29(20(4)30(29,32)33)16-11-19(3)24-9-10-25-23-8-7-21-17-22(31)12-14-27(21,5)26(23)13-15-28(24,25)6/h7,18-20,22-26H,8-17H2,1-6H3. The number of rotatable bonds is 5. The molecule has 3 heteroatoms. The second-order valence-electron chi connectivity index (χ2n) is 13.9. The van der Waals surface area contributed by atoms with Gasteiger partial charge in [-0.25, -0.2) is 0 Å². The number of fused-ring (bicyclic) bond motifs is 5. The highest BCUT2D eigenvalue weighted by Crippen LogP contribution is 2.75. The van der Waals surface area contributed by atoms with Crippen molar-refractivity contribution in [2.75, 3.05) is 0 Å². The van der Waals surface area contributed by atoms with E-state index in [2.05, 4.69) is 47.6 Å². The van der Waals surface area contributed by atoms with E-state index in [0.717, 1.165) is 36.0 Å². The summed E-state index contributed by atoms with van der Waals surface area (Å²) in [4.78, 5) is 0. The van der Waals surface area contributed by atoms with Crippen molar-refractivity contribution < 1.29 is 0 Å². The zero-order valence-electron chi connectivity index (χ0n) is 21.9. The lowest BCUT2D eigenvalue weighted by atomic mass is 9.47. The molecule has 0 bridgehead atoms. The van der Waals surface area contributed by atoms with Gasteiger partial charge in [0.2, 0.25) is 0 Å². The number of allylic oxidation sites excluding steroid dienone is 2. The first-order chi connectivity index (χ1) is 15.4. The molecule has 0 spiro atoms. The molecule has 5 aliphatic carbocycles. The van der Waals surface area contributed by atoms with Gasteiger partial charge in [0.25, 0.3) is 0 Å². The van der Waals surface area contributed by atoms with Gasteiger partial charge in [-0.1, -0.05) is 53.2 Å². The molecule has 0 radical (unpaired) electrons. The minimum absolute atomic E-state index is 0.112. The molecular formula is C30H47Cl3. The lowest BCUT2D eigenvalue weighted by Gasteiger charge is -2.58. The Morgan fingerprint density at radius 3 is 2.33 bits per heavy atom. The van der Waals surface area contributed by atoms with Crippen molar-refractivity contribution in [3.63, 3.8) is 0 Å². The second-order valence-corrected chi connectivity index (χ2v) is 15.9. The van der Waals surface area contributed by atoms with E-state index in [-0.39, 0.29) is 5.41 Å². The molecule has 33 heavy (non-hydrogen) atoms. The molecule has 5 rings (SSSR count). The third-order valence-corrected chi connectivity index (χ3v) is 14.4. The van der Waals surface area contributed by atoms with Gasteiger partial charge in [-0.15, -0.1) is 34.8 Å². The predicted octanol–water partition coefficient (Wildman–Crippen LogP) is 10.1. The summed E-state index contributed by atoms with van der Waals surface area (Å²) in [6.45, 7) is 14.8. The smallest absolute Gasteiger partial charge is 0.123 e. The van der Waals surface area contributed by atoms with E-state index < -0.39 is 4.33 Å². The van der Waals surface area contributed by atoms with Crippen LogP contribution in [-0.2, 0) is 0 Å². The maximum atomic E-state index is 6.80. The molecule has 0 aromatic heterocycles. The number of hydrogen-bond acceptors (Lipinski definition) is 0. The Bertz CT molecular complexity index is 800. The molecule has 4 fully saturated rings.